The molecule has 1 N–H and O–H groups in total. The molecule has 1 saturated heterocycles. The number of aromatic nitrogens is 1. The quantitative estimate of drug-likeness (QED) is 0.762. The van der Waals surface area contributed by atoms with Crippen LogP contribution in [-0.2, 0) is 27.0 Å². The van der Waals surface area contributed by atoms with Crippen molar-refractivity contribution < 1.29 is 27.6 Å². The Morgan fingerprint density at radius 1 is 1.15 bits per heavy atom. The van der Waals surface area contributed by atoms with E-state index in [4.69, 9.17) is 5.11 Å². The normalized spacial score (nSPS) is 15.6. The van der Waals surface area contributed by atoms with Gasteiger partial charge in [-0.15, -0.1) is 0 Å². The minimum atomic E-state index is -3.52. The predicted octanol–water partition coefficient (Wildman–Crippen LogP) is 0.589. The molecule has 0 atom stereocenters. The average Bonchev–Trinajstić information content (AvgIpc) is 3.14. The SMILES string of the molecule is O=C(O)c1cccc(CC(=O)N2CCN(S(=O)(=O)Cc3ccon3)CC2)c1. The first-order chi connectivity index (χ1) is 12.8. The van der Waals surface area contributed by atoms with Crippen molar-refractivity contribution in [3.8, 4) is 0 Å². The van der Waals surface area contributed by atoms with E-state index in [1.165, 1.54) is 28.8 Å². The van der Waals surface area contributed by atoms with Crippen molar-refractivity contribution in [2.75, 3.05) is 26.2 Å². The Hall–Kier alpha value is -2.72. The Bertz CT molecular complexity index is 918. The van der Waals surface area contributed by atoms with Crippen molar-refractivity contribution in [2.24, 2.45) is 0 Å². The molecular weight excluding hydrogens is 374 g/mol. The smallest absolute Gasteiger partial charge is 0.335 e. The number of carbonyl (C=O) groups excluding carboxylic acids is 1. The van der Waals surface area contributed by atoms with Gasteiger partial charge < -0.3 is 14.5 Å². The molecule has 1 aromatic heterocycles. The number of hydrogen-bond donors (Lipinski definition) is 1. The molecule has 0 aliphatic carbocycles. The number of rotatable bonds is 6. The summed E-state index contributed by atoms with van der Waals surface area (Å²) in [5, 5.41) is 12.6. The largest absolute Gasteiger partial charge is 0.478 e. The maximum Gasteiger partial charge on any atom is 0.335 e. The maximum atomic E-state index is 12.4. The minimum Gasteiger partial charge on any atom is -0.478 e. The third-order valence-electron chi connectivity index (χ3n) is 4.34. The molecule has 10 heteroatoms. The van der Waals surface area contributed by atoms with Gasteiger partial charge in [-0.2, -0.15) is 4.31 Å². The second-order valence-electron chi connectivity index (χ2n) is 6.21. The summed E-state index contributed by atoms with van der Waals surface area (Å²) >= 11 is 0. The highest BCUT2D eigenvalue weighted by Crippen LogP contribution is 2.14. The summed E-state index contributed by atoms with van der Waals surface area (Å²) < 4.78 is 30.8. The molecule has 3 rings (SSSR count). The number of aromatic carboxylic acids is 1. The first-order valence-electron chi connectivity index (χ1n) is 8.32. The van der Waals surface area contributed by atoms with Crippen molar-refractivity contribution in [3.63, 3.8) is 0 Å². The molecular formula is C17H19N3O6S. The lowest BCUT2D eigenvalue weighted by Crippen LogP contribution is -2.51. The van der Waals surface area contributed by atoms with Crippen LogP contribution in [0.2, 0.25) is 0 Å². The van der Waals surface area contributed by atoms with Gasteiger partial charge in [0.1, 0.15) is 12.0 Å². The van der Waals surface area contributed by atoms with Crippen LogP contribution in [-0.4, -0.2) is 65.9 Å². The van der Waals surface area contributed by atoms with Crippen molar-refractivity contribution in [3.05, 3.63) is 53.4 Å². The van der Waals surface area contributed by atoms with Gasteiger partial charge in [-0.05, 0) is 17.7 Å². The molecule has 0 spiro atoms. The van der Waals surface area contributed by atoms with Gasteiger partial charge in [-0.3, -0.25) is 4.79 Å². The molecule has 0 saturated carbocycles. The fourth-order valence-corrected chi connectivity index (χ4v) is 4.33. The minimum absolute atomic E-state index is 0.0762. The van der Waals surface area contributed by atoms with Gasteiger partial charge in [0, 0.05) is 32.2 Å². The van der Waals surface area contributed by atoms with Crippen LogP contribution in [0.15, 0.2) is 41.1 Å². The summed E-state index contributed by atoms with van der Waals surface area (Å²) in [5.74, 6) is -1.44. The molecule has 144 valence electrons. The molecule has 1 fully saturated rings. The van der Waals surface area contributed by atoms with Crippen LogP contribution in [0.5, 0.6) is 0 Å². The topological polar surface area (TPSA) is 121 Å². The lowest BCUT2D eigenvalue weighted by Gasteiger charge is -2.34. The van der Waals surface area contributed by atoms with Crippen LogP contribution in [0.25, 0.3) is 0 Å². The standard InChI is InChI=1S/C17H19N3O6S/c21-16(11-13-2-1-3-14(10-13)17(22)23)19-5-7-20(8-6-19)27(24,25)12-15-4-9-26-18-15/h1-4,9-10H,5-8,11-12H2,(H,22,23). The second kappa shape index (κ2) is 7.89. The molecule has 1 aromatic carbocycles. The number of nitrogens with zero attached hydrogens (tertiary/aromatic N) is 3. The third kappa shape index (κ3) is 4.72. The molecule has 0 radical (unpaired) electrons. The number of carboxylic acids is 1. The fraction of sp³-hybridized carbons (Fsp3) is 0.353. The number of piperazine rings is 1. The molecule has 0 bridgehead atoms. The summed E-state index contributed by atoms with van der Waals surface area (Å²) in [7, 11) is -3.52. The third-order valence-corrected chi connectivity index (χ3v) is 6.15. The van der Waals surface area contributed by atoms with E-state index in [2.05, 4.69) is 9.68 Å². The van der Waals surface area contributed by atoms with Crippen LogP contribution >= 0.6 is 0 Å². The fourth-order valence-electron chi connectivity index (χ4n) is 2.91. The van der Waals surface area contributed by atoms with Crippen molar-refractivity contribution in [1.29, 1.82) is 0 Å². The van der Waals surface area contributed by atoms with Gasteiger partial charge in [0.25, 0.3) is 0 Å². The highest BCUT2D eigenvalue weighted by atomic mass is 32.2. The molecule has 1 aliphatic heterocycles. The zero-order valence-corrected chi connectivity index (χ0v) is 15.3. The average molecular weight is 393 g/mol. The van der Waals surface area contributed by atoms with E-state index in [1.807, 2.05) is 0 Å². The Labute approximate surface area is 156 Å². The first-order valence-corrected chi connectivity index (χ1v) is 9.93. The predicted molar refractivity (Wildman–Crippen MR) is 94.4 cm³/mol. The molecule has 2 heterocycles. The number of benzene rings is 1. The highest BCUT2D eigenvalue weighted by Gasteiger charge is 2.29. The Balaban J connectivity index is 1.56. The summed E-state index contributed by atoms with van der Waals surface area (Å²) in [6.45, 7) is 0.993. The van der Waals surface area contributed by atoms with E-state index in [0.717, 1.165) is 0 Å². The number of sulfonamides is 1. The molecule has 1 aliphatic rings. The van der Waals surface area contributed by atoms with Crippen molar-refractivity contribution in [2.45, 2.75) is 12.2 Å². The van der Waals surface area contributed by atoms with Gasteiger partial charge in [-0.25, -0.2) is 13.2 Å². The van der Waals surface area contributed by atoms with E-state index < -0.39 is 16.0 Å². The zero-order chi connectivity index (χ0) is 19.4. The van der Waals surface area contributed by atoms with E-state index in [0.29, 0.717) is 11.3 Å². The van der Waals surface area contributed by atoms with Crippen LogP contribution < -0.4 is 0 Å². The lowest BCUT2D eigenvalue weighted by molar-refractivity contribution is -0.131. The van der Waals surface area contributed by atoms with Gasteiger partial charge in [0.2, 0.25) is 15.9 Å². The van der Waals surface area contributed by atoms with E-state index in [1.54, 1.807) is 17.0 Å². The molecule has 2 aromatic rings. The molecule has 0 unspecified atom stereocenters. The van der Waals surface area contributed by atoms with Crippen molar-refractivity contribution in [1.82, 2.24) is 14.4 Å². The van der Waals surface area contributed by atoms with Crippen molar-refractivity contribution >= 4 is 21.9 Å². The summed E-state index contributed by atoms with van der Waals surface area (Å²) in [6, 6.07) is 7.74. The molecule has 9 nitrogen and oxygen atoms in total. The number of carbonyl (C=O) groups is 2. The Morgan fingerprint density at radius 3 is 2.52 bits per heavy atom. The van der Waals surface area contributed by atoms with Gasteiger partial charge in [-0.1, -0.05) is 17.3 Å². The lowest BCUT2D eigenvalue weighted by atomic mass is 10.1. The van der Waals surface area contributed by atoms with Gasteiger partial charge >= 0.3 is 5.97 Å². The molecule has 27 heavy (non-hydrogen) atoms. The maximum absolute atomic E-state index is 12.4. The summed E-state index contributed by atoms with van der Waals surface area (Å²) in [5.41, 5.74) is 1.08. The van der Waals surface area contributed by atoms with Gasteiger partial charge in [0.15, 0.2) is 0 Å². The van der Waals surface area contributed by atoms with Gasteiger partial charge in [0.05, 0.1) is 17.7 Å². The van der Waals surface area contributed by atoms with Crippen LogP contribution in [0.1, 0.15) is 21.6 Å². The highest BCUT2D eigenvalue weighted by molar-refractivity contribution is 7.88. The van der Waals surface area contributed by atoms with Crippen LogP contribution in [0, 0.1) is 0 Å². The number of carboxylic acid groups (broad SMARTS) is 1. The molecule has 1 amide bonds. The van der Waals surface area contributed by atoms with E-state index >= 15 is 0 Å². The second-order valence-corrected chi connectivity index (χ2v) is 8.18. The summed E-state index contributed by atoms with van der Waals surface area (Å²) in [4.78, 5) is 25.1. The van der Waals surface area contributed by atoms with E-state index in [-0.39, 0.29) is 49.8 Å². The monoisotopic (exact) mass is 393 g/mol. The van der Waals surface area contributed by atoms with Crippen LogP contribution in [0.3, 0.4) is 0 Å². The van der Waals surface area contributed by atoms with Crippen LogP contribution in [0.4, 0.5) is 0 Å². The zero-order valence-electron chi connectivity index (χ0n) is 14.4. The van der Waals surface area contributed by atoms with E-state index in [9.17, 15) is 18.0 Å². The Kier molecular flexibility index (Phi) is 5.57. The number of amides is 1. The Morgan fingerprint density at radius 2 is 1.89 bits per heavy atom. The first kappa shape index (κ1) is 19.1. The summed E-state index contributed by atoms with van der Waals surface area (Å²) in [6.07, 6.45) is 1.40. The number of hydrogen-bond acceptors (Lipinski definition) is 6.